The number of nitrogens with one attached hydrogen (secondary N) is 2. The molecule has 2 amide bonds. The molecule has 8 heteroatoms. The van der Waals surface area contributed by atoms with E-state index in [0.717, 1.165) is 12.1 Å². The van der Waals surface area contributed by atoms with Gasteiger partial charge in [-0.3, -0.25) is 9.59 Å². The molecule has 2 aromatic carbocycles. The Hall–Kier alpha value is -3.13. The van der Waals surface area contributed by atoms with Crippen molar-refractivity contribution in [3.8, 4) is 0 Å². The lowest BCUT2D eigenvalue weighted by Gasteiger charge is -2.09. The quantitative estimate of drug-likeness (QED) is 0.614. The van der Waals surface area contributed by atoms with Gasteiger partial charge >= 0.3 is 6.18 Å². The molecule has 0 bridgehead atoms. The zero-order valence-corrected chi connectivity index (χ0v) is 15.2. The fraction of sp³-hybridized carbons (Fsp3) is 0.100. The largest absolute Gasteiger partial charge is 0.416 e. The van der Waals surface area contributed by atoms with Gasteiger partial charge in [0.05, 0.1) is 16.9 Å². The number of halogens is 3. The Morgan fingerprint density at radius 1 is 0.893 bits per heavy atom. The van der Waals surface area contributed by atoms with Crippen LogP contribution < -0.4 is 10.6 Å². The third-order valence-electron chi connectivity index (χ3n) is 3.80. The van der Waals surface area contributed by atoms with E-state index in [1.54, 1.807) is 41.8 Å². The van der Waals surface area contributed by atoms with Crippen LogP contribution in [0.5, 0.6) is 0 Å². The molecule has 144 valence electrons. The van der Waals surface area contributed by atoms with Gasteiger partial charge in [0.15, 0.2) is 0 Å². The molecule has 3 rings (SSSR count). The molecule has 28 heavy (non-hydrogen) atoms. The first-order chi connectivity index (χ1) is 13.3. The van der Waals surface area contributed by atoms with Crippen LogP contribution in [0.4, 0.5) is 24.5 Å². The molecule has 1 heterocycles. The van der Waals surface area contributed by atoms with Crippen molar-refractivity contribution in [1.82, 2.24) is 0 Å². The van der Waals surface area contributed by atoms with Gasteiger partial charge in [0.1, 0.15) is 0 Å². The number of carbonyl (C=O) groups excluding carboxylic acids is 2. The number of thiophene rings is 1. The first kappa shape index (κ1) is 19.6. The number of anilines is 2. The van der Waals surface area contributed by atoms with Crippen molar-refractivity contribution in [2.24, 2.45) is 0 Å². The van der Waals surface area contributed by atoms with Crippen molar-refractivity contribution < 1.29 is 22.8 Å². The monoisotopic (exact) mass is 404 g/mol. The molecule has 0 saturated heterocycles. The lowest BCUT2D eigenvalue weighted by molar-refractivity contribution is -0.137. The number of alkyl halides is 3. The van der Waals surface area contributed by atoms with E-state index in [1.165, 1.54) is 23.5 Å². The van der Waals surface area contributed by atoms with Gasteiger partial charge in [-0.15, -0.1) is 11.3 Å². The van der Waals surface area contributed by atoms with Crippen LogP contribution in [-0.2, 0) is 17.4 Å². The second kappa shape index (κ2) is 8.26. The SMILES string of the molecule is O=C(Cc1ccc(C(F)(F)F)cc1)Nc1cccc(NC(=O)c2cccs2)c1. The summed E-state index contributed by atoms with van der Waals surface area (Å²) in [5.41, 5.74) is 0.699. The van der Waals surface area contributed by atoms with Gasteiger partial charge in [0.2, 0.25) is 5.91 Å². The number of hydrogen-bond donors (Lipinski definition) is 2. The minimum atomic E-state index is -4.41. The Morgan fingerprint density at radius 3 is 2.18 bits per heavy atom. The van der Waals surface area contributed by atoms with Crippen LogP contribution in [0.1, 0.15) is 20.8 Å². The first-order valence-corrected chi connectivity index (χ1v) is 9.10. The van der Waals surface area contributed by atoms with Crippen molar-refractivity contribution in [1.29, 1.82) is 0 Å². The number of carbonyl (C=O) groups is 2. The van der Waals surface area contributed by atoms with Crippen LogP contribution >= 0.6 is 11.3 Å². The molecular formula is C20H15F3N2O2S. The van der Waals surface area contributed by atoms with Crippen LogP contribution in [0, 0.1) is 0 Å². The molecule has 0 fully saturated rings. The number of hydrogen-bond acceptors (Lipinski definition) is 3. The number of benzene rings is 2. The van der Waals surface area contributed by atoms with Crippen molar-refractivity contribution in [2.45, 2.75) is 12.6 Å². The lowest BCUT2D eigenvalue weighted by atomic mass is 10.1. The van der Waals surface area contributed by atoms with Gasteiger partial charge in [0.25, 0.3) is 5.91 Å². The third-order valence-corrected chi connectivity index (χ3v) is 4.66. The standard InChI is InChI=1S/C20H15F3N2O2S/c21-20(22,23)14-8-6-13(7-9-14)11-18(26)24-15-3-1-4-16(12-15)25-19(27)17-5-2-10-28-17/h1-10,12H,11H2,(H,24,26)(H,25,27). The van der Waals surface area contributed by atoms with E-state index in [2.05, 4.69) is 10.6 Å². The fourth-order valence-corrected chi connectivity index (χ4v) is 3.10. The minimum absolute atomic E-state index is 0.0656. The van der Waals surface area contributed by atoms with E-state index in [0.29, 0.717) is 21.8 Å². The summed E-state index contributed by atoms with van der Waals surface area (Å²) in [5.74, 6) is -0.621. The molecule has 2 N–H and O–H groups in total. The molecule has 0 spiro atoms. The summed E-state index contributed by atoms with van der Waals surface area (Å²) in [6, 6.07) is 14.6. The van der Waals surface area contributed by atoms with Crippen molar-refractivity contribution in [3.05, 3.63) is 82.0 Å². The average molecular weight is 404 g/mol. The highest BCUT2D eigenvalue weighted by molar-refractivity contribution is 7.12. The van der Waals surface area contributed by atoms with E-state index in [1.807, 2.05) is 0 Å². The molecule has 4 nitrogen and oxygen atoms in total. The normalized spacial score (nSPS) is 11.1. The zero-order valence-electron chi connectivity index (χ0n) is 14.4. The summed E-state index contributed by atoms with van der Waals surface area (Å²) in [6.45, 7) is 0. The van der Waals surface area contributed by atoms with Gasteiger partial charge in [-0.05, 0) is 47.3 Å². The summed E-state index contributed by atoms with van der Waals surface area (Å²) >= 11 is 1.32. The van der Waals surface area contributed by atoms with E-state index in [4.69, 9.17) is 0 Å². The summed E-state index contributed by atoms with van der Waals surface area (Å²) in [5, 5.41) is 7.21. The van der Waals surface area contributed by atoms with E-state index in [-0.39, 0.29) is 18.2 Å². The summed E-state index contributed by atoms with van der Waals surface area (Å²) < 4.78 is 37.7. The van der Waals surface area contributed by atoms with Gasteiger partial charge in [-0.1, -0.05) is 24.3 Å². The number of rotatable bonds is 5. The van der Waals surface area contributed by atoms with Gasteiger partial charge in [-0.25, -0.2) is 0 Å². The Bertz CT molecular complexity index is 968. The highest BCUT2D eigenvalue weighted by Gasteiger charge is 2.29. The molecule has 0 radical (unpaired) electrons. The molecule has 0 unspecified atom stereocenters. The fourth-order valence-electron chi connectivity index (χ4n) is 2.48. The Labute approximate surface area is 163 Å². The molecule has 0 atom stereocenters. The molecule has 3 aromatic rings. The Balaban J connectivity index is 1.60. The summed E-state index contributed by atoms with van der Waals surface area (Å²) in [6.07, 6.45) is -4.47. The lowest BCUT2D eigenvalue weighted by Crippen LogP contribution is -2.15. The zero-order chi connectivity index (χ0) is 20.1. The van der Waals surface area contributed by atoms with E-state index in [9.17, 15) is 22.8 Å². The maximum atomic E-state index is 12.6. The molecule has 0 aliphatic heterocycles. The summed E-state index contributed by atoms with van der Waals surface area (Å²) in [7, 11) is 0. The van der Waals surface area contributed by atoms with E-state index < -0.39 is 11.7 Å². The predicted octanol–water partition coefficient (Wildman–Crippen LogP) is 5.20. The van der Waals surface area contributed by atoms with Crippen molar-refractivity contribution in [3.63, 3.8) is 0 Å². The third kappa shape index (κ3) is 5.20. The summed E-state index contributed by atoms with van der Waals surface area (Å²) in [4.78, 5) is 24.8. The van der Waals surface area contributed by atoms with Gasteiger partial charge < -0.3 is 10.6 Å². The topological polar surface area (TPSA) is 58.2 Å². The van der Waals surface area contributed by atoms with Crippen LogP contribution in [-0.4, -0.2) is 11.8 Å². The van der Waals surface area contributed by atoms with Gasteiger partial charge in [0, 0.05) is 11.4 Å². The molecule has 0 aliphatic carbocycles. The smallest absolute Gasteiger partial charge is 0.326 e. The van der Waals surface area contributed by atoms with E-state index >= 15 is 0 Å². The van der Waals surface area contributed by atoms with Crippen LogP contribution in [0.25, 0.3) is 0 Å². The van der Waals surface area contributed by atoms with Crippen LogP contribution in [0.2, 0.25) is 0 Å². The molecule has 1 aromatic heterocycles. The van der Waals surface area contributed by atoms with Crippen molar-refractivity contribution >= 4 is 34.5 Å². The van der Waals surface area contributed by atoms with Gasteiger partial charge in [-0.2, -0.15) is 13.2 Å². The first-order valence-electron chi connectivity index (χ1n) is 8.22. The molecule has 0 aliphatic rings. The molecular weight excluding hydrogens is 389 g/mol. The molecule has 0 saturated carbocycles. The van der Waals surface area contributed by atoms with Crippen LogP contribution in [0.15, 0.2) is 66.0 Å². The van der Waals surface area contributed by atoms with Crippen LogP contribution in [0.3, 0.4) is 0 Å². The maximum absolute atomic E-state index is 12.6. The number of amides is 2. The maximum Gasteiger partial charge on any atom is 0.416 e. The average Bonchev–Trinajstić information content (AvgIpc) is 3.16. The highest BCUT2D eigenvalue weighted by Crippen LogP contribution is 2.29. The minimum Gasteiger partial charge on any atom is -0.326 e. The second-order valence-electron chi connectivity index (χ2n) is 5.93. The highest BCUT2D eigenvalue weighted by atomic mass is 32.1. The second-order valence-corrected chi connectivity index (χ2v) is 6.88. The Kier molecular flexibility index (Phi) is 5.79. The Morgan fingerprint density at radius 2 is 1.57 bits per heavy atom. The van der Waals surface area contributed by atoms with Crippen molar-refractivity contribution in [2.75, 3.05) is 10.6 Å². The predicted molar refractivity (Wildman–Crippen MR) is 102 cm³/mol.